The van der Waals surface area contributed by atoms with Crippen LogP contribution in [-0.4, -0.2) is 11.0 Å². The fraction of sp³-hybridized carbons (Fsp3) is 0.643. The molecule has 1 aromatic rings. The number of hydrogen-bond acceptors (Lipinski definition) is 2. The lowest BCUT2D eigenvalue weighted by atomic mass is 9.84. The Morgan fingerprint density at radius 3 is 2.69 bits per heavy atom. The van der Waals surface area contributed by atoms with Crippen LogP contribution >= 0.6 is 0 Å². The van der Waals surface area contributed by atoms with Crippen molar-refractivity contribution in [1.29, 1.82) is 0 Å². The number of anilines is 1. The molecule has 0 saturated heterocycles. The van der Waals surface area contributed by atoms with Gasteiger partial charge >= 0.3 is 0 Å². The normalized spacial score (nSPS) is 19.4. The Kier molecular flexibility index (Phi) is 3.81. The van der Waals surface area contributed by atoms with Crippen LogP contribution in [0.25, 0.3) is 0 Å². The number of rotatable bonds is 3. The summed E-state index contributed by atoms with van der Waals surface area (Å²) in [6, 6.07) is 2.75. The molecule has 1 aromatic heterocycles. The fourth-order valence-corrected chi connectivity index (χ4v) is 2.65. The second kappa shape index (κ2) is 5.33. The molecule has 1 N–H and O–H groups in total. The molecular formula is C14H22N2. The number of nitrogens with one attached hydrogen (secondary N) is 1. The molecule has 1 heterocycles. The van der Waals surface area contributed by atoms with E-state index in [0.717, 1.165) is 11.6 Å². The summed E-state index contributed by atoms with van der Waals surface area (Å²) in [5, 5.41) is 3.59. The molecule has 16 heavy (non-hydrogen) atoms. The van der Waals surface area contributed by atoms with E-state index >= 15 is 0 Å². The van der Waals surface area contributed by atoms with Crippen LogP contribution in [0.5, 0.6) is 0 Å². The number of pyridine rings is 1. The summed E-state index contributed by atoms with van der Waals surface area (Å²) in [4.78, 5) is 4.22. The van der Waals surface area contributed by atoms with Gasteiger partial charge in [0.2, 0.25) is 0 Å². The molecule has 1 aliphatic rings. The Balaban J connectivity index is 1.93. The van der Waals surface area contributed by atoms with Crippen LogP contribution < -0.4 is 5.32 Å². The van der Waals surface area contributed by atoms with Crippen LogP contribution in [-0.2, 0) is 0 Å². The topological polar surface area (TPSA) is 24.9 Å². The number of nitrogens with zero attached hydrogens (tertiary/aromatic N) is 1. The summed E-state index contributed by atoms with van der Waals surface area (Å²) in [5.41, 5.74) is 2.39. The smallest absolute Gasteiger partial charge is 0.0531 e. The Bertz CT molecular complexity index is 329. The molecule has 1 fully saturated rings. The third kappa shape index (κ3) is 2.97. The summed E-state index contributed by atoms with van der Waals surface area (Å²) >= 11 is 0. The molecule has 0 bridgehead atoms. The van der Waals surface area contributed by atoms with Gasteiger partial charge in [-0.1, -0.05) is 19.3 Å². The van der Waals surface area contributed by atoms with Crippen molar-refractivity contribution in [2.75, 3.05) is 5.32 Å². The zero-order valence-corrected chi connectivity index (χ0v) is 10.4. The monoisotopic (exact) mass is 218 g/mol. The number of aryl methyl sites for hydroxylation is 1. The van der Waals surface area contributed by atoms with Crippen LogP contribution in [0.1, 0.15) is 44.6 Å². The van der Waals surface area contributed by atoms with E-state index in [2.05, 4.69) is 30.2 Å². The molecule has 0 aliphatic heterocycles. The van der Waals surface area contributed by atoms with E-state index in [-0.39, 0.29) is 0 Å². The molecule has 0 aromatic carbocycles. The molecule has 1 atom stereocenters. The van der Waals surface area contributed by atoms with Gasteiger partial charge in [-0.2, -0.15) is 0 Å². The fourth-order valence-electron chi connectivity index (χ4n) is 2.65. The van der Waals surface area contributed by atoms with Gasteiger partial charge in [-0.05, 0) is 44.2 Å². The first-order valence-corrected chi connectivity index (χ1v) is 6.44. The maximum absolute atomic E-state index is 4.22. The van der Waals surface area contributed by atoms with Crippen molar-refractivity contribution in [3.63, 3.8) is 0 Å². The second-order valence-corrected chi connectivity index (χ2v) is 5.08. The molecule has 2 heteroatoms. The van der Waals surface area contributed by atoms with Crippen molar-refractivity contribution in [1.82, 2.24) is 4.98 Å². The Labute approximate surface area is 98.5 Å². The van der Waals surface area contributed by atoms with Gasteiger partial charge in [0.05, 0.1) is 5.69 Å². The highest BCUT2D eigenvalue weighted by Crippen LogP contribution is 2.27. The van der Waals surface area contributed by atoms with Gasteiger partial charge < -0.3 is 5.32 Å². The highest BCUT2D eigenvalue weighted by molar-refractivity contribution is 5.43. The van der Waals surface area contributed by atoms with Gasteiger partial charge in [-0.15, -0.1) is 0 Å². The van der Waals surface area contributed by atoms with Crippen molar-refractivity contribution in [2.45, 2.75) is 52.0 Å². The van der Waals surface area contributed by atoms with Crippen LogP contribution in [0, 0.1) is 12.8 Å². The Morgan fingerprint density at radius 2 is 2.00 bits per heavy atom. The SMILES string of the molecule is Cc1cncc(NC(C)C2CCCCC2)c1. The third-order valence-corrected chi connectivity index (χ3v) is 3.63. The lowest BCUT2D eigenvalue weighted by Crippen LogP contribution is -2.27. The number of aromatic nitrogens is 1. The van der Waals surface area contributed by atoms with E-state index in [1.165, 1.54) is 37.7 Å². The maximum atomic E-state index is 4.22. The summed E-state index contributed by atoms with van der Waals surface area (Å²) in [7, 11) is 0. The first kappa shape index (κ1) is 11.4. The summed E-state index contributed by atoms with van der Waals surface area (Å²) in [6.07, 6.45) is 10.8. The number of hydrogen-bond donors (Lipinski definition) is 1. The summed E-state index contributed by atoms with van der Waals surface area (Å²) in [6.45, 7) is 4.39. The van der Waals surface area contributed by atoms with Crippen molar-refractivity contribution in [3.05, 3.63) is 24.0 Å². The molecular weight excluding hydrogens is 196 g/mol. The van der Waals surface area contributed by atoms with E-state index in [4.69, 9.17) is 0 Å². The van der Waals surface area contributed by atoms with Gasteiger partial charge in [0.1, 0.15) is 0 Å². The molecule has 2 nitrogen and oxygen atoms in total. The van der Waals surface area contributed by atoms with E-state index < -0.39 is 0 Å². The largest absolute Gasteiger partial charge is 0.381 e. The minimum absolute atomic E-state index is 0.573. The molecule has 1 saturated carbocycles. The lowest BCUT2D eigenvalue weighted by molar-refractivity contribution is 0.328. The van der Waals surface area contributed by atoms with Gasteiger partial charge in [0.25, 0.3) is 0 Å². The van der Waals surface area contributed by atoms with Crippen LogP contribution in [0.3, 0.4) is 0 Å². The molecule has 88 valence electrons. The van der Waals surface area contributed by atoms with E-state index in [1.54, 1.807) is 0 Å². The average molecular weight is 218 g/mol. The zero-order valence-electron chi connectivity index (χ0n) is 10.4. The lowest BCUT2D eigenvalue weighted by Gasteiger charge is -2.28. The standard InChI is InChI=1S/C14H22N2/c1-11-8-14(10-15-9-11)16-12(2)13-6-4-3-5-7-13/h8-10,12-13,16H,3-7H2,1-2H3. The van der Waals surface area contributed by atoms with Crippen LogP contribution in [0.15, 0.2) is 18.5 Å². The minimum Gasteiger partial charge on any atom is -0.381 e. The highest BCUT2D eigenvalue weighted by Gasteiger charge is 2.19. The first-order chi connectivity index (χ1) is 7.75. The molecule has 0 radical (unpaired) electrons. The first-order valence-electron chi connectivity index (χ1n) is 6.44. The van der Waals surface area contributed by atoms with Crippen LogP contribution in [0.2, 0.25) is 0 Å². The van der Waals surface area contributed by atoms with Gasteiger partial charge in [0.15, 0.2) is 0 Å². The van der Waals surface area contributed by atoms with E-state index in [0.29, 0.717) is 6.04 Å². The molecule has 1 unspecified atom stereocenters. The van der Waals surface area contributed by atoms with Gasteiger partial charge in [0, 0.05) is 18.4 Å². The van der Waals surface area contributed by atoms with Crippen molar-refractivity contribution >= 4 is 5.69 Å². The predicted molar refractivity (Wildman–Crippen MR) is 68.6 cm³/mol. The quantitative estimate of drug-likeness (QED) is 0.835. The summed E-state index contributed by atoms with van der Waals surface area (Å²) in [5.74, 6) is 0.842. The van der Waals surface area contributed by atoms with E-state index in [1.807, 2.05) is 12.4 Å². The Morgan fingerprint density at radius 1 is 1.25 bits per heavy atom. The summed E-state index contributed by atoms with van der Waals surface area (Å²) < 4.78 is 0. The third-order valence-electron chi connectivity index (χ3n) is 3.63. The van der Waals surface area contributed by atoms with Crippen molar-refractivity contribution in [2.24, 2.45) is 5.92 Å². The molecule has 0 amide bonds. The predicted octanol–water partition coefficient (Wildman–Crippen LogP) is 3.77. The molecule has 1 aliphatic carbocycles. The van der Waals surface area contributed by atoms with Gasteiger partial charge in [-0.25, -0.2) is 0 Å². The molecule has 0 spiro atoms. The minimum atomic E-state index is 0.573. The van der Waals surface area contributed by atoms with E-state index in [9.17, 15) is 0 Å². The van der Waals surface area contributed by atoms with Crippen molar-refractivity contribution in [3.8, 4) is 0 Å². The maximum Gasteiger partial charge on any atom is 0.0531 e. The highest BCUT2D eigenvalue weighted by atomic mass is 14.9. The molecule has 2 rings (SSSR count). The van der Waals surface area contributed by atoms with Crippen LogP contribution in [0.4, 0.5) is 5.69 Å². The van der Waals surface area contributed by atoms with Gasteiger partial charge in [-0.3, -0.25) is 4.98 Å². The van der Waals surface area contributed by atoms with Crippen molar-refractivity contribution < 1.29 is 0 Å². The Hall–Kier alpha value is -1.05. The second-order valence-electron chi connectivity index (χ2n) is 5.08. The average Bonchev–Trinajstić information content (AvgIpc) is 2.30. The zero-order chi connectivity index (χ0) is 11.4.